The molecule has 1 aromatic rings. The lowest BCUT2D eigenvalue weighted by atomic mass is 10.5. The number of halogens is 2. The summed E-state index contributed by atoms with van der Waals surface area (Å²) in [5, 5.41) is -0.0927. The van der Waals surface area contributed by atoms with E-state index in [1.165, 1.54) is 0 Å². The quantitative estimate of drug-likeness (QED) is 0.760. The van der Waals surface area contributed by atoms with Crippen LogP contribution in [0.5, 0.6) is 0 Å². The van der Waals surface area contributed by atoms with E-state index in [1.807, 2.05) is 0 Å². The van der Waals surface area contributed by atoms with E-state index in [1.54, 1.807) is 6.92 Å². The number of nitrogens with zero attached hydrogens (tertiary/aromatic N) is 1. The predicted octanol–water partition coefficient (Wildman–Crippen LogP) is 2.27. The second-order valence-electron chi connectivity index (χ2n) is 1.81. The average Bonchev–Trinajstić information content (AvgIpc) is 2.30. The van der Waals surface area contributed by atoms with Crippen LogP contribution in [0.4, 0.5) is 0 Å². The first-order valence-corrected chi connectivity index (χ1v) is 4.31. The number of oxazole rings is 1. The highest BCUT2D eigenvalue weighted by molar-refractivity contribution is 9.10. The SMILES string of the molecule is CCOC(=O)c1nc(Cl)oc1Br. The summed E-state index contributed by atoms with van der Waals surface area (Å²) in [5.74, 6) is -0.556. The number of aromatic nitrogens is 1. The van der Waals surface area contributed by atoms with Crippen LogP contribution in [0.1, 0.15) is 17.4 Å². The van der Waals surface area contributed by atoms with E-state index in [0.29, 0.717) is 0 Å². The summed E-state index contributed by atoms with van der Waals surface area (Å²) < 4.78 is 9.61. The molecule has 0 fully saturated rings. The highest BCUT2D eigenvalue weighted by Gasteiger charge is 2.18. The first-order chi connectivity index (χ1) is 5.65. The van der Waals surface area contributed by atoms with E-state index in [4.69, 9.17) is 16.0 Å². The lowest BCUT2D eigenvalue weighted by molar-refractivity contribution is 0.0518. The molecule has 0 bridgehead atoms. The van der Waals surface area contributed by atoms with Crippen molar-refractivity contribution in [3.05, 3.63) is 15.7 Å². The minimum Gasteiger partial charge on any atom is -0.461 e. The summed E-state index contributed by atoms with van der Waals surface area (Å²) in [5.41, 5.74) is 0.0573. The molecule has 0 saturated heterocycles. The van der Waals surface area contributed by atoms with Crippen molar-refractivity contribution in [2.24, 2.45) is 0 Å². The molecule has 4 nitrogen and oxygen atoms in total. The largest absolute Gasteiger partial charge is 0.461 e. The summed E-state index contributed by atoms with van der Waals surface area (Å²) in [6.45, 7) is 1.99. The van der Waals surface area contributed by atoms with Gasteiger partial charge in [0.15, 0.2) is 0 Å². The minimum absolute atomic E-state index is 0.0573. The Hall–Kier alpha value is -0.550. The number of hydrogen-bond donors (Lipinski definition) is 0. The molecule has 0 radical (unpaired) electrons. The summed E-state index contributed by atoms with van der Waals surface area (Å²) in [6, 6.07) is 0. The zero-order valence-corrected chi connectivity index (χ0v) is 8.48. The van der Waals surface area contributed by atoms with Gasteiger partial charge in [0, 0.05) is 0 Å². The third-order valence-corrected chi connectivity index (χ3v) is 1.73. The van der Waals surface area contributed by atoms with E-state index in [-0.39, 0.29) is 22.3 Å². The topological polar surface area (TPSA) is 52.3 Å². The lowest BCUT2D eigenvalue weighted by Crippen LogP contribution is -2.05. The third-order valence-electron chi connectivity index (χ3n) is 1.03. The van der Waals surface area contributed by atoms with Gasteiger partial charge in [-0.1, -0.05) is 0 Å². The molecular formula is C6H5BrClNO3. The molecule has 0 atom stereocenters. The smallest absolute Gasteiger partial charge is 0.361 e. The standard InChI is InChI=1S/C6H5BrClNO3/c1-2-11-5(10)3-4(7)12-6(8)9-3/h2H2,1H3. The van der Waals surface area contributed by atoms with Gasteiger partial charge in [-0.2, -0.15) is 4.98 Å². The van der Waals surface area contributed by atoms with E-state index >= 15 is 0 Å². The van der Waals surface area contributed by atoms with Crippen LogP contribution in [0.15, 0.2) is 9.09 Å². The Balaban J connectivity index is 2.87. The van der Waals surface area contributed by atoms with Crippen LogP contribution in [0, 0.1) is 0 Å². The molecule has 66 valence electrons. The van der Waals surface area contributed by atoms with E-state index < -0.39 is 5.97 Å². The Labute approximate surface area is 82.0 Å². The number of carbonyl (C=O) groups excluding carboxylic acids is 1. The molecule has 0 aromatic carbocycles. The molecule has 0 spiro atoms. The Morgan fingerprint density at radius 1 is 1.83 bits per heavy atom. The lowest BCUT2D eigenvalue weighted by Gasteiger charge is -1.95. The van der Waals surface area contributed by atoms with E-state index in [9.17, 15) is 4.79 Å². The van der Waals surface area contributed by atoms with Crippen molar-refractivity contribution in [3.63, 3.8) is 0 Å². The zero-order chi connectivity index (χ0) is 9.14. The second-order valence-corrected chi connectivity index (χ2v) is 2.85. The summed E-state index contributed by atoms with van der Waals surface area (Å²) in [7, 11) is 0. The second kappa shape index (κ2) is 3.91. The molecule has 0 aliphatic rings. The van der Waals surface area contributed by atoms with Gasteiger partial charge < -0.3 is 9.15 Å². The maximum Gasteiger partial charge on any atom is 0.361 e. The van der Waals surface area contributed by atoms with Crippen LogP contribution >= 0.6 is 27.5 Å². The van der Waals surface area contributed by atoms with Crippen molar-refractivity contribution in [2.75, 3.05) is 6.61 Å². The van der Waals surface area contributed by atoms with Gasteiger partial charge in [-0.3, -0.25) is 0 Å². The minimum atomic E-state index is -0.556. The molecule has 0 aliphatic heterocycles. The van der Waals surface area contributed by atoms with Crippen molar-refractivity contribution in [2.45, 2.75) is 6.92 Å². The van der Waals surface area contributed by atoms with E-state index in [0.717, 1.165) is 0 Å². The van der Waals surface area contributed by atoms with Crippen LogP contribution in [0.3, 0.4) is 0 Å². The van der Waals surface area contributed by atoms with Gasteiger partial charge in [-0.05, 0) is 34.5 Å². The number of ether oxygens (including phenoxy) is 1. The van der Waals surface area contributed by atoms with Crippen LogP contribution in [-0.2, 0) is 4.74 Å². The fourth-order valence-electron chi connectivity index (χ4n) is 0.602. The van der Waals surface area contributed by atoms with Gasteiger partial charge in [-0.25, -0.2) is 4.79 Å². The molecule has 0 amide bonds. The summed E-state index contributed by atoms with van der Waals surface area (Å²) in [6.07, 6.45) is 0. The van der Waals surface area contributed by atoms with Crippen LogP contribution < -0.4 is 0 Å². The Morgan fingerprint density at radius 3 is 2.92 bits per heavy atom. The number of esters is 1. The van der Waals surface area contributed by atoms with Gasteiger partial charge in [0.25, 0.3) is 5.35 Å². The van der Waals surface area contributed by atoms with Crippen LogP contribution in [-0.4, -0.2) is 17.6 Å². The maximum absolute atomic E-state index is 11.0. The molecule has 1 aromatic heterocycles. The molecule has 1 rings (SSSR count). The van der Waals surface area contributed by atoms with Gasteiger partial charge in [0.2, 0.25) is 10.4 Å². The normalized spacial score (nSPS) is 9.92. The molecular weight excluding hydrogens is 249 g/mol. The van der Waals surface area contributed by atoms with Gasteiger partial charge in [0.05, 0.1) is 6.61 Å². The molecule has 12 heavy (non-hydrogen) atoms. The molecule has 0 saturated carbocycles. The molecule has 0 unspecified atom stereocenters. The summed E-state index contributed by atoms with van der Waals surface area (Å²) >= 11 is 8.37. The third kappa shape index (κ3) is 1.98. The average molecular weight is 254 g/mol. The van der Waals surface area contributed by atoms with Gasteiger partial charge in [-0.15, -0.1) is 0 Å². The molecule has 0 aliphatic carbocycles. The highest BCUT2D eigenvalue weighted by Crippen LogP contribution is 2.21. The van der Waals surface area contributed by atoms with Crippen molar-refractivity contribution in [3.8, 4) is 0 Å². The van der Waals surface area contributed by atoms with Gasteiger partial charge in [0.1, 0.15) is 0 Å². The van der Waals surface area contributed by atoms with Gasteiger partial charge >= 0.3 is 5.97 Å². The maximum atomic E-state index is 11.0. The highest BCUT2D eigenvalue weighted by atomic mass is 79.9. The monoisotopic (exact) mass is 253 g/mol. The molecule has 6 heteroatoms. The van der Waals surface area contributed by atoms with E-state index in [2.05, 4.69) is 25.7 Å². The Kier molecular flexibility index (Phi) is 3.11. The number of carbonyl (C=O) groups is 1. The van der Waals surface area contributed by atoms with Crippen molar-refractivity contribution in [1.29, 1.82) is 0 Å². The predicted molar refractivity (Wildman–Crippen MR) is 45.2 cm³/mol. The van der Waals surface area contributed by atoms with Crippen molar-refractivity contribution in [1.82, 2.24) is 4.98 Å². The Bertz CT molecular complexity index is 299. The van der Waals surface area contributed by atoms with Crippen molar-refractivity contribution < 1.29 is 13.9 Å². The zero-order valence-electron chi connectivity index (χ0n) is 6.13. The fourth-order valence-corrected chi connectivity index (χ4v) is 1.26. The first-order valence-electron chi connectivity index (χ1n) is 3.14. The van der Waals surface area contributed by atoms with Crippen LogP contribution in [0.25, 0.3) is 0 Å². The number of rotatable bonds is 2. The number of hydrogen-bond acceptors (Lipinski definition) is 4. The van der Waals surface area contributed by atoms with Crippen LogP contribution in [0.2, 0.25) is 5.35 Å². The Morgan fingerprint density at radius 2 is 2.50 bits per heavy atom. The van der Waals surface area contributed by atoms with Crippen molar-refractivity contribution >= 4 is 33.5 Å². The molecule has 0 N–H and O–H groups in total. The summed E-state index contributed by atoms with van der Waals surface area (Å²) in [4.78, 5) is 14.7. The molecule has 1 heterocycles. The first kappa shape index (κ1) is 9.54. The fraction of sp³-hybridized carbons (Fsp3) is 0.333.